The summed E-state index contributed by atoms with van der Waals surface area (Å²) >= 11 is 6.47. The third-order valence-electron chi connectivity index (χ3n) is 11.7. The third-order valence-corrected chi connectivity index (χ3v) is 13.5. The molecular weight excluding hydrogens is 796 g/mol. The van der Waals surface area contributed by atoms with E-state index < -0.39 is 30.8 Å². The average Bonchev–Trinajstić information content (AvgIpc) is 3.55. The fourth-order valence-electron chi connectivity index (χ4n) is 8.65. The molecule has 3 saturated heterocycles. The summed E-state index contributed by atoms with van der Waals surface area (Å²) in [4.78, 5) is 54.8. The number of piperidine rings is 2. The van der Waals surface area contributed by atoms with Crippen molar-refractivity contribution in [3.63, 3.8) is 0 Å². The molecule has 59 heavy (non-hydrogen) atoms. The number of rotatable bonds is 11. The highest BCUT2D eigenvalue weighted by Gasteiger charge is 2.41. The van der Waals surface area contributed by atoms with E-state index in [1.165, 1.54) is 17.2 Å². The Balaban J connectivity index is 0.834. The minimum atomic E-state index is -2.56. The number of benzene rings is 3. The maximum Gasteiger partial charge on any atom is 0.258 e. The van der Waals surface area contributed by atoms with Gasteiger partial charge >= 0.3 is 0 Å². The molecule has 14 nitrogen and oxygen atoms in total. The second-order valence-electron chi connectivity index (χ2n) is 15.9. The van der Waals surface area contributed by atoms with Crippen molar-refractivity contribution < 1.29 is 28.1 Å². The largest absolute Gasteiger partial charge is 0.494 e. The van der Waals surface area contributed by atoms with E-state index in [1.807, 2.05) is 42.5 Å². The molecule has 1 unspecified atom stereocenters. The molecule has 8 rings (SSSR count). The molecule has 3 aromatic carbocycles. The second-order valence-corrected chi connectivity index (χ2v) is 19.5. The molecule has 1 atom stereocenters. The summed E-state index contributed by atoms with van der Waals surface area (Å²) in [6.45, 7) is 9.58. The first kappa shape index (κ1) is 40.7. The number of piperazine rings is 1. The van der Waals surface area contributed by atoms with Crippen LogP contribution >= 0.6 is 18.7 Å². The van der Waals surface area contributed by atoms with Crippen molar-refractivity contribution in [2.24, 2.45) is 0 Å². The van der Waals surface area contributed by atoms with Crippen molar-refractivity contribution in [3.05, 3.63) is 88.3 Å². The van der Waals surface area contributed by atoms with Crippen molar-refractivity contribution in [2.45, 2.75) is 50.9 Å². The van der Waals surface area contributed by atoms with Crippen molar-refractivity contribution in [3.8, 4) is 5.75 Å². The highest BCUT2D eigenvalue weighted by Crippen LogP contribution is 2.39. The van der Waals surface area contributed by atoms with Crippen LogP contribution in [0.15, 0.2) is 60.8 Å². The van der Waals surface area contributed by atoms with E-state index in [9.17, 15) is 18.9 Å². The van der Waals surface area contributed by atoms with E-state index in [0.717, 1.165) is 63.4 Å². The predicted octanol–water partition coefficient (Wildman–Crippen LogP) is 5.56. The van der Waals surface area contributed by atoms with Gasteiger partial charge in [-0.3, -0.25) is 29.5 Å². The molecule has 310 valence electrons. The van der Waals surface area contributed by atoms with Gasteiger partial charge in [-0.2, -0.15) is 4.98 Å². The molecule has 4 aliphatic rings. The maximum absolute atomic E-state index is 15.3. The number of carbonyl (C=O) groups excluding carboxylic acids is 3. The van der Waals surface area contributed by atoms with Crippen molar-refractivity contribution in [2.75, 3.05) is 75.2 Å². The van der Waals surface area contributed by atoms with Gasteiger partial charge < -0.3 is 29.7 Å². The zero-order chi connectivity index (χ0) is 41.4. The molecule has 5 heterocycles. The SMILES string of the molecule is COc1cc(N2CCN(C3CCN(Cc4cc(F)c5c(c4)CN(C4CCC(=O)NC4=O)C5=O)CC3)CC2)ccc1Nc1ncc(Cl)c(Nc2ccccc2P(C)(C)=O)n1. The Morgan fingerprint density at radius 2 is 1.71 bits per heavy atom. The van der Waals surface area contributed by atoms with Crippen molar-refractivity contribution in [1.82, 2.24) is 30.0 Å². The van der Waals surface area contributed by atoms with Crippen LogP contribution in [-0.2, 0) is 27.2 Å². The minimum absolute atomic E-state index is 0.0310. The highest BCUT2D eigenvalue weighted by atomic mass is 35.5. The minimum Gasteiger partial charge on any atom is -0.494 e. The lowest BCUT2D eigenvalue weighted by molar-refractivity contribution is -0.136. The first-order valence-electron chi connectivity index (χ1n) is 19.9. The molecule has 0 radical (unpaired) electrons. The second kappa shape index (κ2) is 16.9. The van der Waals surface area contributed by atoms with Crippen LogP contribution in [0, 0.1) is 5.82 Å². The van der Waals surface area contributed by atoms with Crippen LogP contribution in [-0.4, -0.2) is 114 Å². The van der Waals surface area contributed by atoms with Gasteiger partial charge in [-0.1, -0.05) is 29.8 Å². The number of ether oxygens (including phenoxy) is 1. The number of fused-ring (bicyclic) bond motifs is 1. The lowest BCUT2D eigenvalue weighted by Gasteiger charge is -2.43. The Morgan fingerprint density at radius 1 is 0.949 bits per heavy atom. The van der Waals surface area contributed by atoms with E-state index in [0.29, 0.717) is 57.4 Å². The Bertz CT molecular complexity index is 2330. The quantitative estimate of drug-likeness (QED) is 0.128. The number of imide groups is 1. The van der Waals surface area contributed by atoms with E-state index in [1.54, 1.807) is 20.4 Å². The molecule has 3 N–H and O–H groups in total. The Hall–Kier alpha value is -5.08. The zero-order valence-corrected chi connectivity index (χ0v) is 35.0. The average molecular weight is 844 g/mol. The van der Waals surface area contributed by atoms with Crippen LogP contribution in [0.1, 0.15) is 47.2 Å². The molecule has 0 bridgehead atoms. The van der Waals surface area contributed by atoms with E-state index in [2.05, 4.69) is 46.7 Å². The summed E-state index contributed by atoms with van der Waals surface area (Å²) in [7, 11) is -0.925. The molecule has 3 amide bonds. The molecule has 0 aliphatic carbocycles. The van der Waals surface area contributed by atoms with Gasteiger partial charge in [0, 0.05) is 68.8 Å². The number of carbonyl (C=O) groups is 3. The lowest BCUT2D eigenvalue weighted by Crippen LogP contribution is -2.53. The highest BCUT2D eigenvalue weighted by molar-refractivity contribution is 7.70. The number of nitrogens with zero attached hydrogens (tertiary/aromatic N) is 6. The number of nitrogens with one attached hydrogen (secondary N) is 3. The van der Waals surface area contributed by atoms with E-state index in [4.69, 9.17) is 16.3 Å². The first-order valence-corrected chi connectivity index (χ1v) is 22.9. The summed E-state index contributed by atoms with van der Waals surface area (Å²) in [5.41, 5.74) is 3.87. The number of halogens is 2. The maximum atomic E-state index is 15.3. The van der Waals surface area contributed by atoms with Crippen LogP contribution < -0.4 is 30.9 Å². The summed E-state index contributed by atoms with van der Waals surface area (Å²) in [5, 5.41) is 9.83. The normalized spacial score (nSPS) is 19.5. The summed E-state index contributed by atoms with van der Waals surface area (Å²) in [5.74, 6) is -0.547. The number of aromatic nitrogens is 2. The van der Waals surface area contributed by atoms with Crippen LogP contribution in [0.3, 0.4) is 0 Å². The number of likely N-dealkylation sites (tertiary alicyclic amines) is 1. The smallest absolute Gasteiger partial charge is 0.258 e. The van der Waals surface area contributed by atoms with Gasteiger partial charge in [0.15, 0.2) is 5.82 Å². The van der Waals surface area contributed by atoms with Gasteiger partial charge in [0.05, 0.1) is 30.2 Å². The first-order chi connectivity index (χ1) is 28.3. The van der Waals surface area contributed by atoms with Crippen molar-refractivity contribution >= 4 is 70.6 Å². The third kappa shape index (κ3) is 8.79. The fraction of sp³-hybridized carbons (Fsp3) is 0.405. The van der Waals surface area contributed by atoms with Crippen LogP contribution in [0.2, 0.25) is 5.02 Å². The van der Waals surface area contributed by atoms with Gasteiger partial charge in [0.25, 0.3) is 5.91 Å². The Kier molecular flexibility index (Phi) is 11.6. The summed E-state index contributed by atoms with van der Waals surface area (Å²) in [6, 6.07) is 16.5. The van der Waals surface area contributed by atoms with Crippen LogP contribution in [0.5, 0.6) is 5.75 Å². The topological polar surface area (TPSA) is 152 Å². The number of hydrogen-bond donors (Lipinski definition) is 3. The molecule has 0 saturated carbocycles. The van der Waals surface area contributed by atoms with E-state index >= 15 is 4.39 Å². The summed E-state index contributed by atoms with van der Waals surface area (Å²) < 4.78 is 34.0. The molecule has 17 heteroatoms. The van der Waals surface area contributed by atoms with Gasteiger partial charge in [-0.05, 0) is 87.1 Å². The van der Waals surface area contributed by atoms with Gasteiger partial charge in [-0.15, -0.1) is 0 Å². The van der Waals surface area contributed by atoms with Gasteiger partial charge in [0.1, 0.15) is 29.8 Å². The molecule has 3 fully saturated rings. The number of para-hydroxylation sites is 1. The van der Waals surface area contributed by atoms with Crippen LogP contribution in [0.25, 0.3) is 0 Å². The Morgan fingerprint density at radius 3 is 2.44 bits per heavy atom. The van der Waals surface area contributed by atoms with Gasteiger partial charge in [0.2, 0.25) is 17.8 Å². The molecule has 0 spiro atoms. The van der Waals surface area contributed by atoms with Gasteiger partial charge in [-0.25, -0.2) is 9.37 Å². The lowest BCUT2D eigenvalue weighted by atomic mass is 10.0. The molecular formula is C42H48ClFN9O5P. The standard InChI is InChI=1S/C42H48ClFN9O5P/c1-58-35-22-29(8-9-32(35)47-42-45-23-30(43)39(49-42)46-33-6-4-5-7-36(33)59(2,3)57)52-18-16-51(17-19-52)28-12-14-50(15-13-28)24-26-20-27-25-53(41(56)38(27)31(44)21-26)34-10-11-37(54)48-40(34)55/h4-9,20-23,28,34H,10-19,24-25H2,1-3H3,(H,48,54,55)(H2,45,46,47,49). The number of amides is 3. The molecule has 4 aromatic rings. The summed E-state index contributed by atoms with van der Waals surface area (Å²) in [6.07, 6.45) is 3.94. The van der Waals surface area contributed by atoms with Crippen molar-refractivity contribution in [1.29, 1.82) is 0 Å². The Labute approximate surface area is 347 Å². The number of methoxy groups -OCH3 is 1. The number of hydrogen-bond acceptors (Lipinski definition) is 12. The van der Waals surface area contributed by atoms with Crippen LogP contribution in [0.4, 0.5) is 33.2 Å². The molecule has 4 aliphatic heterocycles. The monoisotopic (exact) mass is 843 g/mol. The zero-order valence-electron chi connectivity index (χ0n) is 33.3. The fourth-order valence-corrected chi connectivity index (χ4v) is 9.94. The predicted molar refractivity (Wildman–Crippen MR) is 227 cm³/mol. The number of anilines is 5. The van der Waals surface area contributed by atoms with E-state index in [-0.39, 0.29) is 30.9 Å². The molecule has 1 aromatic heterocycles.